The van der Waals surface area contributed by atoms with Gasteiger partial charge >= 0.3 is 0 Å². The molecule has 1 aromatic rings. The molecule has 0 saturated carbocycles. The third-order valence-corrected chi connectivity index (χ3v) is 2.98. The van der Waals surface area contributed by atoms with Crippen molar-refractivity contribution in [1.82, 2.24) is 5.32 Å². The molecule has 0 saturated heterocycles. The zero-order valence-corrected chi connectivity index (χ0v) is 10.8. The van der Waals surface area contributed by atoms with Crippen molar-refractivity contribution in [3.8, 4) is 5.75 Å². The topological polar surface area (TPSA) is 84.7 Å². The average molecular weight is 263 g/mol. The second kappa shape index (κ2) is 5.71. The lowest BCUT2D eigenvalue weighted by atomic mass is 10.1. The van der Waals surface area contributed by atoms with Crippen molar-refractivity contribution >= 4 is 17.5 Å². The molecule has 1 aromatic carbocycles. The SMILES string of the molecule is CNCCC(=O)N1CC(C(N)=O)Oc2ccccc21. The molecule has 0 aliphatic carbocycles. The minimum atomic E-state index is -0.798. The van der Waals surface area contributed by atoms with Gasteiger partial charge in [0.05, 0.1) is 12.2 Å². The van der Waals surface area contributed by atoms with E-state index in [0.29, 0.717) is 24.4 Å². The number of nitrogens with zero attached hydrogens (tertiary/aromatic N) is 1. The number of hydrogen-bond donors (Lipinski definition) is 2. The molecule has 19 heavy (non-hydrogen) atoms. The van der Waals surface area contributed by atoms with Crippen molar-refractivity contribution in [2.45, 2.75) is 12.5 Å². The van der Waals surface area contributed by atoms with Gasteiger partial charge in [-0.25, -0.2) is 0 Å². The number of anilines is 1. The van der Waals surface area contributed by atoms with Crippen molar-refractivity contribution in [2.24, 2.45) is 5.73 Å². The molecule has 0 fully saturated rings. The fraction of sp³-hybridized carbons (Fsp3) is 0.385. The number of primary amides is 1. The fourth-order valence-corrected chi connectivity index (χ4v) is 1.99. The average Bonchev–Trinajstić information content (AvgIpc) is 2.43. The van der Waals surface area contributed by atoms with Crippen LogP contribution in [0.1, 0.15) is 6.42 Å². The van der Waals surface area contributed by atoms with E-state index in [-0.39, 0.29) is 12.5 Å². The van der Waals surface area contributed by atoms with Crippen LogP contribution in [-0.4, -0.2) is 38.1 Å². The summed E-state index contributed by atoms with van der Waals surface area (Å²) in [6.07, 6.45) is -0.440. The second-order valence-corrected chi connectivity index (χ2v) is 4.33. The largest absolute Gasteiger partial charge is 0.477 e. The molecule has 1 aliphatic heterocycles. The van der Waals surface area contributed by atoms with Gasteiger partial charge in [-0.1, -0.05) is 12.1 Å². The van der Waals surface area contributed by atoms with Crippen LogP contribution in [0.4, 0.5) is 5.69 Å². The number of benzene rings is 1. The van der Waals surface area contributed by atoms with Gasteiger partial charge in [-0.15, -0.1) is 0 Å². The third kappa shape index (κ3) is 2.85. The van der Waals surface area contributed by atoms with E-state index in [1.54, 1.807) is 30.1 Å². The Morgan fingerprint density at radius 3 is 2.89 bits per heavy atom. The monoisotopic (exact) mass is 263 g/mol. The Labute approximate surface area is 111 Å². The summed E-state index contributed by atoms with van der Waals surface area (Å²) < 4.78 is 5.49. The quantitative estimate of drug-likeness (QED) is 0.793. The van der Waals surface area contributed by atoms with Gasteiger partial charge in [0.15, 0.2) is 6.10 Å². The Bertz CT molecular complexity index is 490. The number of para-hydroxylation sites is 2. The molecule has 6 heteroatoms. The van der Waals surface area contributed by atoms with Crippen LogP contribution in [0.15, 0.2) is 24.3 Å². The zero-order valence-electron chi connectivity index (χ0n) is 10.8. The van der Waals surface area contributed by atoms with E-state index < -0.39 is 12.0 Å². The highest BCUT2D eigenvalue weighted by Crippen LogP contribution is 2.33. The molecule has 2 rings (SSSR count). The highest BCUT2D eigenvalue weighted by atomic mass is 16.5. The molecule has 1 atom stereocenters. The molecule has 0 spiro atoms. The highest BCUT2D eigenvalue weighted by Gasteiger charge is 2.32. The number of ether oxygens (including phenoxy) is 1. The first-order chi connectivity index (χ1) is 9.13. The fourth-order valence-electron chi connectivity index (χ4n) is 1.99. The zero-order chi connectivity index (χ0) is 13.8. The molecular formula is C13H17N3O3. The number of rotatable bonds is 4. The Kier molecular flexibility index (Phi) is 4.01. The van der Waals surface area contributed by atoms with Crippen LogP contribution in [0.2, 0.25) is 0 Å². The van der Waals surface area contributed by atoms with Crippen LogP contribution in [0, 0.1) is 0 Å². The Hall–Kier alpha value is -2.08. The minimum Gasteiger partial charge on any atom is -0.477 e. The maximum atomic E-state index is 12.2. The predicted octanol–water partition coefficient (Wildman–Crippen LogP) is -0.125. The van der Waals surface area contributed by atoms with Gasteiger partial charge in [-0.05, 0) is 19.2 Å². The summed E-state index contributed by atoms with van der Waals surface area (Å²) in [5.41, 5.74) is 5.95. The first kappa shape index (κ1) is 13.4. The van der Waals surface area contributed by atoms with Crippen molar-refractivity contribution < 1.29 is 14.3 Å². The van der Waals surface area contributed by atoms with Crippen LogP contribution in [0.25, 0.3) is 0 Å². The number of nitrogens with two attached hydrogens (primary N) is 1. The Morgan fingerprint density at radius 1 is 1.47 bits per heavy atom. The lowest BCUT2D eigenvalue weighted by Crippen LogP contribution is -2.49. The van der Waals surface area contributed by atoms with Crippen molar-refractivity contribution in [2.75, 3.05) is 25.0 Å². The first-order valence-corrected chi connectivity index (χ1v) is 6.13. The summed E-state index contributed by atoms with van der Waals surface area (Å²) in [5, 5.41) is 2.93. The van der Waals surface area contributed by atoms with E-state index in [1.807, 2.05) is 6.07 Å². The van der Waals surface area contributed by atoms with Gasteiger partial charge in [-0.2, -0.15) is 0 Å². The molecule has 3 N–H and O–H groups in total. The maximum absolute atomic E-state index is 12.2. The lowest BCUT2D eigenvalue weighted by Gasteiger charge is -2.33. The van der Waals surface area contributed by atoms with E-state index in [1.165, 1.54) is 0 Å². The highest BCUT2D eigenvalue weighted by molar-refractivity contribution is 5.97. The van der Waals surface area contributed by atoms with Crippen LogP contribution < -0.4 is 20.7 Å². The number of nitrogens with one attached hydrogen (secondary N) is 1. The second-order valence-electron chi connectivity index (χ2n) is 4.33. The van der Waals surface area contributed by atoms with E-state index in [9.17, 15) is 9.59 Å². The molecule has 102 valence electrons. The van der Waals surface area contributed by atoms with Crippen LogP contribution in [-0.2, 0) is 9.59 Å². The molecule has 0 aromatic heterocycles. The number of fused-ring (bicyclic) bond motifs is 1. The maximum Gasteiger partial charge on any atom is 0.260 e. The number of amides is 2. The summed E-state index contributed by atoms with van der Waals surface area (Å²) in [4.78, 5) is 25.0. The molecule has 1 unspecified atom stereocenters. The van der Waals surface area contributed by atoms with Crippen molar-refractivity contribution in [3.05, 3.63) is 24.3 Å². The van der Waals surface area contributed by atoms with Crippen LogP contribution in [0.3, 0.4) is 0 Å². The van der Waals surface area contributed by atoms with E-state index in [2.05, 4.69) is 5.32 Å². The summed E-state index contributed by atoms with van der Waals surface area (Å²) >= 11 is 0. The van der Waals surface area contributed by atoms with Crippen LogP contribution in [0.5, 0.6) is 5.75 Å². The number of carbonyl (C=O) groups excluding carboxylic acids is 2. The smallest absolute Gasteiger partial charge is 0.260 e. The van der Waals surface area contributed by atoms with Gasteiger partial charge in [-0.3, -0.25) is 9.59 Å². The van der Waals surface area contributed by atoms with Crippen molar-refractivity contribution in [1.29, 1.82) is 0 Å². The number of hydrogen-bond acceptors (Lipinski definition) is 4. The molecule has 1 aliphatic rings. The standard InChI is InChI=1S/C13H17N3O3/c1-15-7-6-12(17)16-8-11(13(14)18)19-10-5-3-2-4-9(10)16/h2-5,11,15H,6-8H2,1H3,(H2,14,18). The molecule has 0 bridgehead atoms. The third-order valence-electron chi connectivity index (χ3n) is 2.98. The Morgan fingerprint density at radius 2 is 2.21 bits per heavy atom. The predicted molar refractivity (Wildman–Crippen MR) is 70.9 cm³/mol. The number of carbonyl (C=O) groups is 2. The van der Waals surface area contributed by atoms with E-state index >= 15 is 0 Å². The minimum absolute atomic E-state index is 0.0589. The molecular weight excluding hydrogens is 246 g/mol. The normalized spacial score (nSPS) is 17.5. The summed E-state index contributed by atoms with van der Waals surface area (Å²) in [5.74, 6) is -0.118. The van der Waals surface area contributed by atoms with Gasteiger partial charge in [0, 0.05) is 13.0 Å². The van der Waals surface area contributed by atoms with Gasteiger partial charge in [0.25, 0.3) is 5.91 Å². The molecule has 6 nitrogen and oxygen atoms in total. The Balaban J connectivity index is 2.26. The van der Waals surface area contributed by atoms with E-state index in [0.717, 1.165) is 0 Å². The van der Waals surface area contributed by atoms with E-state index in [4.69, 9.17) is 10.5 Å². The summed E-state index contributed by atoms with van der Waals surface area (Å²) in [7, 11) is 1.78. The van der Waals surface area contributed by atoms with Crippen molar-refractivity contribution in [3.63, 3.8) is 0 Å². The van der Waals surface area contributed by atoms with Gasteiger partial charge in [0.2, 0.25) is 5.91 Å². The van der Waals surface area contributed by atoms with Gasteiger partial charge < -0.3 is 20.7 Å². The first-order valence-electron chi connectivity index (χ1n) is 6.13. The van der Waals surface area contributed by atoms with Gasteiger partial charge in [0.1, 0.15) is 5.75 Å². The summed E-state index contributed by atoms with van der Waals surface area (Å²) in [6.45, 7) is 0.745. The van der Waals surface area contributed by atoms with Crippen LogP contribution >= 0.6 is 0 Å². The molecule has 2 amide bonds. The molecule has 0 radical (unpaired) electrons. The summed E-state index contributed by atoms with van der Waals surface area (Å²) in [6, 6.07) is 7.14. The lowest BCUT2D eigenvalue weighted by molar-refractivity contribution is -0.125. The molecule has 1 heterocycles.